The number of nitrogens with one attached hydrogen (secondary N) is 1. The maximum Gasteiger partial charge on any atom is 0.0550 e. The van der Waals surface area contributed by atoms with Gasteiger partial charge in [-0.1, -0.05) is 11.6 Å². The second-order valence-electron chi connectivity index (χ2n) is 3.92. The molecule has 15 heavy (non-hydrogen) atoms. The van der Waals surface area contributed by atoms with Crippen LogP contribution in [0.5, 0.6) is 0 Å². The van der Waals surface area contributed by atoms with Crippen LogP contribution < -0.4 is 5.32 Å². The van der Waals surface area contributed by atoms with Gasteiger partial charge in [0, 0.05) is 6.20 Å². The highest BCUT2D eigenvalue weighted by atomic mass is 15.1. The lowest BCUT2D eigenvalue weighted by atomic mass is 9.91. The van der Waals surface area contributed by atoms with Crippen molar-refractivity contribution >= 4 is 0 Å². The van der Waals surface area contributed by atoms with Crippen LogP contribution in [-0.4, -0.2) is 17.2 Å². The fourth-order valence-corrected chi connectivity index (χ4v) is 2.16. The number of nitrogens with zero attached hydrogens (tertiary/aromatic N) is 2. The fourth-order valence-electron chi connectivity index (χ4n) is 2.16. The van der Waals surface area contributed by atoms with Crippen molar-refractivity contribution in [1.29, 1.82) is 0 Å². The van der Waals surface area contributed by atoms with E-state index in [0.29, 0.717) is 6.04 Å². The van der Waals surface area contributed by atoms with Crippen molar-refractivity contribution < 1.29 is 0 Å². The van der Waals surface area contributed by atoms with E-state index in [1.54, 1.807) is 6.20 Å². The molecule has 1 heterocycles. The van der Waals surface area contributed by atoms with E-state index in [0.717, 1.165) is 0 Å². The Kier molecular flexibility index (Phi) is 3.45. The number of likely N-dealkylation sites (N-methyl/N-ethyl adjacent to an activating group) is 1. The molecule has 1 atom stereocenters. The van der Waals surface area contributed by atoms with Gasteiger partial charge in [0.05, 0.1) is 12.2 Å². The Morgan fingerprint density at radius 2 is 2.27 bits per heavy atom. The molecule has 0 saturated carbocycles. The molecule has 3 nitrogen and oxygen atoms in total. The van der Waals surface area contributed by atoms with Crippen LogP contribution in [0.2, 0.25) is 0 Å². The first kappa shape index (κ1) is 10.3. The van der Waals surface area contributed by atoms with E-state index in [-0.39, 0.29) is 0 Å². The Morgan fingerprint density at radius 3 is 2.87 bits per heavy atom. The van der Waals surface area contributed by atoms with E-state index in [4.69, 9.17) is 0 Å². The van der Waals surface area contributed by atoms with Gasteiger partial charge in [0.15, 0.2) is 0 Å². The van der Waals surface area contributed by atoms with Crippen molar-refractivity contribution in [2.24, 2.45) is 0 Å². The van der Waals surface area contributed by atoms with Gasteiger partial charge in [-0.25, -0.2) is 0 Å². The maximum atomic E-state index is 3.93. The molecule has 3 heteroatoms. The normalized spacial score (nSPS) is 18.3. The topological polar surface area (TPSA) is 37.8 Å². The third-order valence-corrected chi connectivity index (χ3v) is 2.93. The second-order valence-corrected chi connectivity index (χ2v) is 3.92. The lowest BCUT2D eigenvalue weighted by Crippen LogP contribution is -2.20. The van der Waals surface area contributed by atoms with Crippen molar-refractivity contribution in [2.45, 2.75) is 31.7 Å². The molecular weight excluding hydrogens is 186 g/mol. The van der Waals surface area contributed by atoms with E-state index < -0.39 is 0 Å². The zero-order chi connectivity index (χ0) is 10.5. The van der Waals surface area contributed by atoms with Gasteiger partial charge < -0.3 is 5.32 Å². The third kappa shape index (κ3) is 2.42. The van der Waals surface area contributed by atoms with Crippen molar-refractivity contribution in [3.8, 4) is 0 Å². The summed E-state index contributed by atoms with van der Waals surface area (Å²) in [4.78, 5) is 0. The van der Waals surface area contributed by atoms with Crippen molar-refractivity contribution in [3.63, 3.8) is 0 Å². The van der Waals surface area contributed by atoms with E-state index in [9.17, 15) is 0 Å². The van der Waals surface area contributed by atoms with E-state index in [1.807, 2.05) is 19.3 Å². The summed E-state index contributed by atoms with van der Waals surface area (Å²) in [5.41, 5.74) is 2.71. The molecule has 0 fully saturated rings. The van der Waals surface area contributed by atoms with Gasteiger partial charge in [-0.15, -0.1) is 0 Å². The molecule has 1 aromatic heterocycles. The second kappa shape index (κ2) is 5.03. The molecule has 1 unspecified atom stereocenters. The molecule has 1 N–H and O–H groups in total. The zero-order valence-electron chi connectivity index (χ0n) is 9.11. The van der Waals surface area contributed by atoms with Crippen molar-refractivity contribution in [2.75, 3.05) is 7.05 Å². The van der Waals surface area contributed by atoms with Gasteiger partial charge in [0.2, 0.25) is 0 Å². The summed E-state index contributed by atoms with van der Waals surface area (Å²) in [5, 5.41) is 11.1. The Balaban J connectivity index is 2.20. The predicted octanol–water partition coefficient (Wildman–Crippen LogP) is 2.24. The molecule has 0 amide bonds. The van der Waals surface area contributed by atoms with E-state index >= 15 is 0 Å². The Bertz CT molecular complexity index is 332. The molecule has 0 aromatic carbocycles. The number of rotatable bonds is 3. The van der Waals surface area contributed by atoms with Gasteiger partial charge >= 0.3 is 0 Å². The van der Waals surface area contributed by atoms with Crippen LogP contribution in [0.4, 0.5) is 0 Å². The average Bonchev–Trinajstić information content (AvgIpc) is 2.33. The molecule has 0 radical (unpaired) electrons. The minimum atomic E-state index is 0.320. The Hall–Kier alpha value is -1.22. The molecule has 0 aliphatic heterocycles. The van der Waals surface area contributed by atoms with Crippen LogP contribution in [0.25, 0.3) is 0 Å². The summed E-state index contributed by atoms with van der Waals surface area (Å²) in [6.45, 7) is 0. The molecule has 80 valence electrons. The molecule has 1 aliphatic carbocycles. The minimum absolute atomic E-state index is 0.320. The quantitative estimate of drug-likeness (QED) is 0.765. The SMILES string of the molecule is CNC(C1=CCCCC1)c1ccnnc1. The van der Waals surface area contributed by atoms with Gasteiger partial charge in [0.25, 0.3) is 0 Å². The first-order chi connectivity index (χ1) is 7.42. The minimum Gasteiger partial charge on any atom is -0.310 e. The molecule has 2 rings (SSSR count). The zero-order valence-corrected chi connectivity index (χ0v) is 9.11. The molecular formula is C12H17N3. The van der Waals surface area contributed by atoms with Gasteiger partial charge in [0.1, 0.15) is 0 Å². The number of allylic oxidation sites excluding steroid dienone is 1. The summed E-state index contributed by atoms with van der Waals surface area (Å²) in [5.74, 6) is 0. The summed E-state index contributed by atoms with van der Waals surface area (Å²) >= 11 is 0. The Labute approximate surface area is 90.6 Å². The van der Waals surface area contributed by atoms with Crippen molar-refractivity contribution in [3.05, 3.63) is 35.7 Å². The summed E-state index contributed by atoms with van der Waals surface area (Å²) in [7, 11) is 2.00. The van der Waals surface area contributed by atoms with E-state index in [2.05, 4.69) is 21.6 Å². The molecule has 0 saturated heterocycles. The number of hydrogen-bond acceptors (Lipinski definition) is 3. The highest BCUT2D eigenvalue weighted by Gasteiger charge is 2.16. The van der Waals surface area contributed by atoms with Crippen LogP contribution in [-0.2, 0) is 0 Å². The highest BCUT2D eigenvalue weighted by Crippen LogP contribution is 2.28. The predicted molar refractivity (Wildman–Crippen MR) is 60.4 cm³/mol. The van der Waals surface area contributed by atoms with Crippen LogP contribution in [0.15, 0.2) is 30.1 Å². The van der Waals surface area contributed by atoms with Crippen LogP contribution in [0.3, 0.4) is 0 Å². The summed E-state index contributed by atoms with van der Waals surface area (Å²) in [6.07, 6.45) is 11.0. The van der Waals surface area contributed by atoms with Crippen LogP contribution in [0.1, 0.15) is 37.3 Å². The fraction of sp³-hybridized carbons (Fsp3) is 0.500. The lowest BCUT2D eigenvalue weighted by Gasteiger charge is -2.22. The van der Waals surface area contributed by atoms with Gasteiger partial charge in [-0.05, 0) is 44.4 Å². The third-order valence-electron chi connectivity index (χ3n) is 2.93. The molecule has 0 spiro atoms. The number of hydrogen-bond donors (Lipinski definition) is 1. The van der Waals surface area contributed by atoms with Crippen LogP contribution >= 0.6 is 0 Å². The van der Waals surface area contributed by atoms with Gasteiger partial charge in [-0.3, -0.25) is 0 Å². The highest BCUT2D eigenvalue weighted by molar-refractivity contribution is 5.25. The average molecular weight is 203 g/mol. The van der Waals surface area contributed by atoms with E-state index in [1.165, 1.54) is 36.8 Å². The standard InChI is InChI=1S/C12H17N3/c1-13-12(10-5-3-2-4-6-10)11-7-8-14-15-9-11/h5,7-9,12-13H,2-4,6H2,1H3. The van der Waals surface area contributed by atoms with Gasteiger partial charge in [-0.2, -0.15) is 10.2 Å². The van der Waals surface area contributed by atoms with Crippen molar-refractivity contribution in [1.82, 2.24) is 15.5 Å². The largest absolute Gasteiger partial charge is 0.310 e. The lowest BCUT2D eigenvalue weighted by molar-refractivity contribution is 0.590. The first-order valence-corrected chi connectivity index (χ1v) is 5.54. The number of aromatic nitrogens is 2. The molecule has 0 bridgehead atoms. The summed E-state index contributed by atoms with van der Waals surface area (Å²) < 4.78 is 0. The van der Waals surface area contributed by atoms with Crippen LogP contribution in [0, 0.1) is 0 Å². The maximum absolute atomic E-state index is 3.93. The molecule has 1 aliphatic rings. The first-order valence-electron chi connectivity index (χ1n) is 5.54. The summed E-state index contributed by atoms with van der Waals surface area (Å²) in [6, 6.07) is 2.35. The monoisotopic (exact) mass is 203 g/mol. The smallest absolute Gasteiger partial charge is 0.0550 e. The molecule has 1 aromatic rings. The Morgan fingerprint density at radius 1 is 1.33 bits per heavy atom.